The van der Waals surface area contributed by atoms with E-state index in [-0.39, 0.29) is 17.9 Å². The highest BCUT2D eigenvalue weighted by molar-refractivity contribution is 7.92. The number of nitrogens with one attached hydrogen (secondary N) is 1. The molecule has 0 radical (unpaired) electrons. The summed E-state index contributed by atoms with van der Waals surface area (Å²) in [6.07, 6.45) is 0. The fraction of sp³-hybridized carbons (Fsp3) is 0.500. The van der Waals surface area contributed by atoms with Gasteiger partial charge in [0.25, 0.3) is 0 Å². The number of guanidine groups is 1. The molecule has 2 rings (SSSR count). The van der Waals surface area contributed by atoms with Gasteiger partial charge >= 0.3 is 0 Å². The van der Waals surface area contributed by atoms with E-state index < -0.39 is 20.4 Å². The first-order valence-electron chi connectivity index (χ1n) is 7.56. The van der Waals surface area contributed by atoms with E-state index in [0.29, 0.717) is 24.6 Å². The molecule has 0 aromatic heterocycles. The summed E-state index contributed by atoms with van der Waals surface area (Å²) in [4.78, 5) is 6.03. The van der Waals surface area contributed by atoms with Gasteiger partial charge < -0.3 is 10.2 Å². The van der Waals surface area contributed by atoms with Crippen molar-refractivity contribution >= 4 is 15.8 Å². The first kappa shape index (κ1) is 18.2. The zero-order valence-electron chi connectivity index (χ0n) is 14.0. The van der Waals surface area contributed by atoms with Gasteiger partial charge in [-0.3, -0.25) is 4.99 Å². The Balaban J connectivity index is 2.08. The van der Waals surface area contributed by atoms with E-state index in [4.69, 9.17) is 5.26 Å². The average Bonchev–Trinajstić information content (AvgIpc) is 2.52. The maximum atomic E-state index is 13.9. The Hall–Kier alpha value is -2.14. The number of halogens is 1. The summed E-state index contributed by atoms with van der Waals surface area (Å²) >= 11 is 0. The van der Waals surface area contributed by atoms with Crippen LogP contribution in [0.4, 0.5) is 4.39 Å². The molecule has 0 amide bonds. The second kappa shape index (κ2) is 6.77. The Morgan fingerprint density at radius 1 is 1.50 bits per heavy atom. The highest BCUT2D eigenvalue weighted by Crippen LogP contribution is 2.23. The van der Waals surface area contributed by atoms with Crippen LogP contribution >= 0.6 is 0 Å². The summed E-state index contributed by atoms with van der Waals surface area (Å²) in [5.41, 5.74) is 0.683. The van der Waals surface area contributed by atoms with Gasteiger partial charge in [0.2, 0.25) is 0 Å². The number of hydrogen-bond acceptors (Lipinski definition) is 4. The standard InChI is InChI=1S/C16H21FN4O2S/c1-16(2)11-21(6-7-24(16,22)23)15(19-3)20-10-13-5-4-12(9-18)8-14(13)17/h4-5,8H,6-7,10-11H2,1-3H3,(H,19,20). The lowest BCUT2D eigenvalue weighted by Gasteiger charge is -2.39. The third kappa shape index (κ3) is 3.67. The summed E-state index contributed by atoms with van der Waals surface area (Å²) in [5, 5.41) is 11.8. The number of benzene rings is 1. The number of nitrogens with zero attached hydrogens (tertiary/aromatic N) is 3. The van der Waals surface area contributed by atoms with E-state index in [0.717, 1.165) is 0 Å². The molecule has 0 bridgehead atoms. The monoisotopic (exact) mass is 352 g/mol. The minimum atomic E-state index is -3.13. The highest BCUT2D eigenvalue weighted by Gasteiger charge is 2.40. The summed E-state index contributed by atoms with van der Waals surface area (Å²) in [6.45, 7) is 4.27. The highest BCUT2D eigenvalue weighted by atomic mass is 32.2. The molecule has 0 atom stereocenters. The van der Waals surface area contributed by atoms with Crippen LogP contribution in [0.25, 0.3) is 0 Å². The van der Waals surface area contributed by atoms with Gasteiger partial charge in [0.1, 0.15) is 5.82 Å². The van der Waals surface area contributed by atoms with Crippen molar-refractivity contribution in [3.05, 3.63) is 35.1 Å². The molecule has 6 nitrogen and oxygen atoms in total. The van der Waals surface area contributed by atoms with E-state index in [9.17, 15) is 12.8 Å². The molecule has 0 spiro atoms. The molecule has 1 saturated heterocycles. The zero-order valence-corrected chi connectivity index (χ0v) is 14.8. The van der Waals surface area contributed by atoms with Crippen LogP contribution < -0.4 is 5.32 Å². The van der Waals surface area contributed by atoms with Crippen LogP contribution in [-0.4, -0.2) is 49.9 Å². The first-order chi connectivity index (χ1) is 11.2. The maximum Gasteiger partial charge on any atom is 0.193 e. The predicted octanol–water partition coefficient (Wildman–Crippen LogP) is 1.28. The van der Waals surface area contributed by atoms with Crippen LogP contribution in [0, 0.1) is 17.1 Å². The number of hydrogen-bond donors (Lipinski definition) is 1. The quantitative estimate of drug-likeness (QED) is 0.640. The van der Waals surface area contributed by atoms with E-state index in [1.807, 2.05) is 11.0 Å². The fourth-order valence-corrected chi connectivity index (χ4v) is 3.96. The van der Waals surface area contributed by atoms with Gasteiger partial charge in [0.05, 0.1) is 22.1 Å². The predicted molar refractivity (Wildman–Crippen MR) is 90.8 cm³/mol. The number of sulfone groups is 1. The number of aliphatic imine (C=N–C) groups is 1. The molecule has 1 aromatic rings. The molecular formula is C16H21FN4O2S. The minimum Gasteiger partial charge on any atom is -0.352 e. The topological polar surface area (TPSA) is 85.6 Å². The fourth-order valence-electron chi connectivity index (χ4n) is 2.59. The van der Waals surface area contributed by atoms with E-state index >= 15 is 0 Å². The molecule has 0 aliphatic carbocycles. The van der Waals surface area contributed by atoms with Crippen molar-refractivity contribution in [3.8, 4) is 6.07 Å². The van der Waals surface area contributed by atoms with Crippen molar-refractivity contribution in [2.24, 2.45) is 4.99 Å². The summed E-state index contributed by atoms with van der Waals surface area (Å²) in [6, 6.07) is 6.19. The van der Waals surface area contributed by atoms with Gasteiger partial charge in [-0.2, -0.15) is 5.26 Å². The molecule has 1 aromatic carbocycles. The van der Waals surface area contributed by atoms with Crippen molar-refractivity contribution in [1.29, 1.82) is 5.26 Å². The van der Waals surface area contributed by atoms with Crippen molar-refractivity contribution < 1.29 is 12.8 Å². The molecule has 1 fully saturated rings. The Morgan fingerprint density at radius 3 is 2.75 bits per heavy atom. The molecule has 1 aliphatic heterocycles. The Morgan fingerprint density at radius 2 is 2.21 bits per heavy atom. The smallest absolute Gasteiger partial charge is 0.193 e. The molecule has 1 N–H and O–H groups in total. The third-order valence-corrected chi connectivity index (χ3v) is 6.71. The summed E-state index contributed by atoms with van der Waals surface area (Å²) in [5.74, 6) is 0.131. The van der Waals surface area contributed by atoms with Crippen LogP contribution in [0.5, 0.6) is 0 Å². The second-order valence-electron chi connectivity index (χ2n) is 6.32. The van der Waals surface area contributed by atoms with Crippen molar-refractivity contribution in [2.75, 3.05) is 25.9 Å². The van der Waals surface area contributed by atoms with Gasteiger partial charge in [-0.1, -0.05) is 6.07 Å². The lowest BCUT2D eigenvalue weighted by Crippen LogP contribution is -2.57. The van der Waals surface area contributed by atoms with Crippen LogP contribution in [0.15, 0.2) is 23.2 Å². The Kier molecular flexibility index (Phi) is 5.13. The molecule has 0 saturated carbocycles. The second-order valence-corrected chi connectivity index (χ2v) is 9.06. The molecule has 8 heteroatoms. The molecular weight excluding hydrogens is 331 g/mol. The molecule has 1 aliphatic rings. The van der Waals surface area contributed by atoms with Crippen molar-refractivity contribution in [2.45, 2.75) is 25.1 Å². The van der Waals surface area contributed by atoms with Gasteiger partial charge in [-0.25, -0.2) is 12.8 Å². The largest absolute Gasteiger partial charge is 0.352 e. The lowest BCUT2D eigenvalue weighted by molar-refractivity contribution is 0.353. The van der Waals surface area contributed by atoms with Crippen LogP contribution in [0.3, 0.4) is 0 Å². The van der Waals surface area contributed by atoms with E-state index in [2.05, 4.69) is 10.3 Å². The lowest BCUT2D eigenvalue weighted by atomic mass is 10.1. The molecule has 0 unspecified atom stereocenters. The normalized spacial score (nSPS) is 19.6. The number of nitriles is 1. The van der Waals surface area contributed by atoms with Gasteiger partial charge in [-0.15, -0.1) is 0 Å². The summed E-state index contributed by atoms with van der Waals surface area (Å²) in [7, 11) is -1.53. The maximum absolute atomic E-state index is 13.9. The minimum absolute atomic E-state index is 0.0614. The Bertz CT molecular complexity index is 797. The van der Waals surface area contributed by atoms with Gasteiger partial charge in [-0.05, 0) is 26.0 Å². The van der Waals surface area contributed by atoms with Crippen LogP contribution in [0.2, 0.25) is 0 Å². The van der Waals surface area contributed by atoms with Gasteiger partial charge in [0, 0.05) is 32.2 Å². The van der Waals surface area contributed by atoms with E-state index in [1.165, 1.54) is 6.07 Å². The van der Waals surface area contributed by atoms with Gasteiger partial charge in [0.15, 0.2) is 15.8 Å². The average molecular weight is 352 g/mol. The zero-order chi connectivity index (χ0) is 18.0. The van der Waals surface area contributed by atoms with E-state index in [1.54, 1.807) is 33.0 Å². The van der Waals surface area contributed by atoms with Crippen molar-refractivity contribution in [3.63, 3.8) is 0 Å². The van der Waals surface area contributed by atoms with Crippen LogP contribution in [0.1, 0.15) is 25.0 Å². The SMILES string of the molecule is CN=C(NCc1ccc(C#N)cc1F)N1CCS(=O)(=O)C(C)(C)C1. The molecule has 24 heavy (non-hydrogen) atoms. The Labute approximate surface area is 141 Å². The van der Waals surface area contributed by atoms with Crippen LogP contribution in [-0.2, 0) is 16.4 Å². The molecule has 130 valence electrons. The molecule has 1 heterocycles. The first-order valence-corrected chi connectivity index (χ1v) is 9.22. The van der Waals surface area contributed by atoms with Crippen molar-refractivity contribution in [1.82, 2.24) is 10.2 Å². The third-order valence-electron chi connectivity index (χ3n) is 4.17. The summed E-state index contributed by atoms with van der Waals surface area (Å²) < 4.78 is 37.2. The number of rotatable bonds is 2.